The molecule has 0 bridgehead atoms. The van der Waals surface area contributed by atoms with Crippen LogP contribution in [0.5, 0.6) is 0 Å². The molecule has 0 fully saturated rings. The van der Waals surface area contributed by atoms with Crippen molar-refractivity contribution in [3.8, 4) is 0 Å². The third-order valence-corrected chi connectivity index (χ3v) is 2.66. The van der Waals surface area contributed by atoms with Crippen LogP contribution in [0, 0.1) is 6.92 Å². The van der Waals surface area contributed by atoms with Crippen molar-refractivity contribution in [3.63, 3.8) is 0 Å². The molecule has 0 aliphatic carbocycles. The van der Waals surface area contributed by atoms with Crippen molar-refractivity contribution in [1.29, 1.82) is 0 Å². The Morgan fingerprint density at radius 3 is 2.93 bits per heavy atom. The molecule has 2 heterocycles. The summed E-state index contributed by atoms with van der Waals surface area (Å²) in [6, 6.07) is 0. The van der Waals surface area contributed by atoms with Gasteiger partial charge in [-0.25, -0.2) is 9.97 Å². The quantitative estimate of drug-likeness (QED) is 0.851. The highest BCUT2D eigenvalue weighted by Gasteiger charge is 2.02. The second kappa shape index (κ2) is 3.96. The smallest absolute Gasteiger partial charge is 0.0953 e. The molecule has 5 heteroatoms. The second-order valence-corrected chi connectivity index (χ2v) is 3.71. The van der Waals surface area contributed by atoms with Crippen molar-refractivity contribution in [3.05, 3.63) is 35.9 Å². The Balaban J connectivity index is 2.15. The summed E-state index contributed by atoms with van der Waals surface area (Å²) in [4.78, 5) is 11.5. The first-order chi connectivity index (χ1) is 6.79. The van der Waals surface area contributed by atoms with Gasteiger partial charge >= 0.3 is 0 Å². The maximum Gasteiger partial charge on any atom is 0.0953 e. The Labute approximate surface area is 90.5 Å². The molecule has 0 unspecified atom stereocenters. The minimum Gasteiger partial charge on any atom is -0.348 e. The van der Waals surface area contributed by atoms with E-state index in [1.807, 2.05) is 24.0 Å². The lowest BCUT2D eigenvalue weighted by Crippen LogP contribution is -1.98. The van der Waals surface area contributed by atoms with Gasteiger partial charge in [-0.05, 0) is 6.92 Å². The van der Waals surface area contributed by atoms with Crippen LogP contribution < -0.4 is 0 Å². The Hall–Kier alpha value is -1.10. The summed E-state index contributed by atoms with van der Waals surface area (Å²) in [6.45, 7) is 2.79. The van der Waals surface area contributed by atoms with E-state index in [4.69, 9.17) is 0 Å². The zero-order valence-electron chi connectivity index (χ0n) is 7.87. The molecule has 74 valence electrons. The molecule has 2 rings (SSSR count). The molecular weight excluding hydrogens is 244 g/mol. The number of imidazole rings is 2. The van der Waals surface area contributed by atoms with Crippen LogP contribution in [0.25, 0.3) is 0 Å². The van der Waals surface area contributed by atoms with Crippen LogP contribution in [0.1, 0.15) is 17.1 Å². The molecule has 0 aliphatic rings. The van der Waals surface area contributed by atoms with Crippen LogP contribution in [-0.2, 0) is 11.9 Å². The monoisotopic (exact) mass is 254 g/mol. The Kier molecular flexibility index (Phi) is 2.67. The van der Waals surface area contributed by atoms with Gasteiger partial charge < -0.3 is 9.55 Å². The molecule has 4 nitrogen and oxygen atoms in total. The number of nitrogens with one attached hydrogen (secondary N) is 1. The lowest BCUT2D eigenvalue weighted by Gasteiger charge is -1.98. The number of hydrogen-bond acceptors (Lipinski definition) is 2. The summed E-state index contributed by atoms with van der Waals surface area (Å²) in [5, 5.41) is 0.791. The van der Waals surface area contributed by atoms with Gasteiger partial charge in [0.05, 0.1) is 30.6 Å². The van der Waals surface area contributed by atoms with E-state index in [0.29, 0.717) is 0 Å². The van der Waals surface area contributed by atoms with Crippen molar-refractivity contribution < 1.29 is 0 Å². The van der Waals surface area contributed by atoms with E-state index < -0.39 is 0 Å². The normalized spacial score (nSPS) is 10.7. The summed E-state index contributed by atoms with van der Waals surface area (Å²) < 4.78 is 2.03. The number of nitrogens with zero attached hydrogens (tertiary/aromatic N) is 3. The molecule has 0 radical (unpaired) electrons. The molecule has 0 saturated carbocycles. The number of hydrogen-bond donors (Lipinski definition) is 1. The third kappa shape index (κ3) is 1.87. The van der Waals surface area contributed by atoms with Crippen LogP contribution in [0.4, 0.5) is 0 Å². The lowest BCUT2D eigenvalue weighted by atomic mass is 10.3. The highest BCUT2D eigenvalue weighted by atomic mass is 79.9. The average Bonchev–Trinajstić information content (AvgIpc) is 2.77. The van der Waals surface area contributed by atoms with Crippen LogP contribution in [0.3, 0.4) is 0 Å². The highest BCUT2D eigenvalue weighted by molar-refractivity contribution is 9.08. The van der Waals surface area contributed by atoms with Crippen molar-refractivity contribution in [1.82, 2.24) is 19.5 Å². The predicted octanol–water partition coefficient (Wildman–Crippen LogP) is 1.86. The summed E-state index contributed by atoms with van der Waals surface area (Å²) in [6.07, 6.45) is 5.56. The van der Waals surface area contributed by atoms with Crippen molar-refractivity contribution >= 4 is 15.9 Å². The average molecular weight is 255 g/mol. The van der Waals surface area contributed by atoms with E-state index in [9.17, 15) is 0 Å². The number of halogens is 1. The standard InChI is InChI=1S/C9H11BrN4/c1-7-9(12-5-11-7)4-14-3-8(2-10)13-6-14/h3,5-6H,2,4H2,1H3,(H,11,12). The molecule has 2 aromatic heterocycles. The van der Waals surface area contributed by atoms with Crippen LogP contribution in [0.15, 0.2) is 18.9 Å². The first-order valence-electron chi connectivity index (χ1n) is 4.35. The summed E-state index contributed by atoms with van der Waals surface area (Å²) >= 11 is 3.37. The number of aromatic amines is 1. The Morgan fingerprint density at radius 1 is 1.50 bits per heavy atom. The molecular formula is C9H11BrN4. The molecule has 0 aliphatic heterocycles. The Morgan fingerprint density at radius 2 is 2.36 bits per heavy atom. The van der Waals surface area contributed by atoms with Crippen LogP contribution in [0.2, 0.25) is 0 Å². The first kappa shape index (κ1) is 9.45. The first-order valence-corrected chi connectivity index (χ1v) is 5.47. The number of H-pyrrole nitrogens is 1. The molecule has 1 N–H and O–H groups in total. The van der Waals surface area contributed by atoms with Crippen molar-refractivity contribution in [2.24, 2.45) is 0 Å². The molecule has 0 amide bonds. The number of alkyl halides is 1. The fourth-order valence-electron chi connectivity index (χ4n) is 1.28. The van der Waals surface area contributed by atoms with E-state index in [0.717, 1.165) is 29.0 Å². The molecule has 0 atom stereocenters. The maximum atomic E-state index is 4.23. The van der Waals surface area contributed by atoms with Gasteiger partial charge in [0.25, 0.3) is 0 Å². The second-order valence-electron chi connectivity index (χ2n) is 3.15. The maximum absolute atomic E-state index is 4.23. The lowest BCUT2D eigenvalue weighted by molar-refractivity contribution is 0.772. The SMILES string of the molecule is Cc1[nH]cnc1Cn1cnc(CBr)c1. The van der Waals surface area contributed by atoms with Gasteiger partial charge in [-0.2, -0.15) is 0 Å². The van der Waals surface area contributed by atoms with Crippen molar-refractivity contribution in [2.75, 3.05) is 0 Å². The van der Waals surface area contributed by atoms with Crippen LogP contribution >= 0.6 is 15.9 Å². The number of aryl methyl sites for hydroxylation is 1. The van der Waals surface area contributed by atoms with E-state index in [1.54, 1.807) is 6.33 Å². The molecule has 2 aromatic rings. The van der Waals surface area contributed by atoms with E-state index in [2.05, 4.69) is 30.9 Å². The van der Waals surface area contributed by atoms with Gasteiger partial charge in [-0.3, -0.25) is 0 Å². The largest absolute Gasteiger partial charge is 0.348 e. The van der Waals surface area contributed by atoms with Gasteiger partial charge in [-0.1, -0.05) is 15.9 Å². The zero-order valence-corrected chi connectivity index (χ0v) is 9.45. The molecule has 0 aromatic carbocycles. The topological polar surface area (TPSA) is 46.5 Å². The van der Waals surface area contributed by atoms with Gasteiger partial charge in [0.1, 0.15) is 0 Å². The van der Waals surface area contributed by atoms with Gasteiger partial charge in [-0.15, -0.1) is 0 Å². The highest BCUT2D eigenvalue weighted by Crippen LogP contribution is 2.06. The fraction of sp³-hybridized carbons (Fsp3) is 0.333. The third-order valence-electron chi connectivity index (χ3n) is 2.09. The van der Waals surface area contributed by atoms with Crippen molar-refractivity contribution in [2.45, 2.75) is 18.8 Å². The Bertz CT molecular complexity index is 418. The number of rotatable bonds is 3. The minimum atomic E-state index is 0.773. The summed E-state index contributed by atoms with van der Waals surface area (Å²) in [5.41, 5.74) is 3.21. The van der Waals surface area contributed by atoms with Gasteiger partial charge in [0, 0.05) is 17.2 Å². The zero-order chi connectivity index (χ0) is 9.97. The van der Waals surface area contributed by atoms with E-state index in [-0.39, 0.29) is 0 Å². The van der Waals surface area contributed by atoms with Gasteiger partial charge in [0.2, 0.25) is 0 Å². The summed E-state index contributed by atoms with van der Waals surface area (Å²) in [5.74, 6) is 0. The fourth-order valence-corrected chi connectivity index (χ4v) is 1.57. The minimum absolute atomic E-state index is 0.773. The molecule has 0 spiro atoms. The summed E-state index contributed by atoms with van der Waals surface area (Å²) in [7, 11) is 0. The molecule has 14 heavy (non-hydrogen) atoms. The molecule has 0 saturated heterocycles. The van der Waals surface area contributed by atoms with E-state index in [1.165, 1.54) is 0 Å². The predicted molar refractivity (Wildman–Crippen MR) is 57.3 cm³/mol. The number of aromatic nitrogens is 4. The van der Waals surface area contributed by atoms with E-state index >= 15 is 0 Å². The van der Waals surface area contributed by atoms with Crippen LogP contribution in [-0.4, -0.2) is 19.5 Å². The van der Waals surface area contributed by atoms with Gasteiger partial charge in [0.15, 0.2) is 0 Å².